The highest BCUT2D eigenvalue weighted by Crippen LogP contribution is 2.29. The number of alkyl halides is 3. The van der Waals surface area contributed by atoms with Crippen LogP contribution in [0, 0.1) is 22.7 Å². The lowest BCUT2D eigenvalue weighted by Gasteiger charge is -2.34. The molecule has 2 aliphatic rings. The van der Waals surface area contributed by atoms with Gasteiger partial charge >= 0.3 is 12.1 Å². The van der Waals surface area contributed by atoms with Gasteiger partial charge in [-0.15, -0.1) is 0 Å². The largest absolute Gasteiger partial charge is 0.490 e. The molecule has 13 nitrogen and oxygen atoms in total. The third kappa shape index (κ3) is 12.6. The summed E-state index contributed by atoms with van der Waals surface area (Å²) in [5.74, 6) is -3.77. The smallest absolute Gasteiger partial charge is 0.475 e. The van der Waals surface area contributed by atoms with Crippen LogP contribution in [0.2, 0.25) is 0 Å². The zero-order valence-corrected chi connectivity index (χ0v) is 29.2. The van der Waals surface area contributed by atoms with Gasteiger partial charge in [-0.25, -0.2) is 13.2 Å². The van der Waals surface area contributed by atoms with E-state index in [2.05, 4.69) is 10.6 Å². The standard InChI is InChI=1S/C32H45N7O4S.C2HF3O2/c1-44(42,43)26-9-5-8-25(19-26)27(18-21-10-12-24(13-11-21)29(33)34)30(40)38-28(23-6-3-2-4-7-23)31(41)37-20-22-14-16-39(17-15-22)32(35)36;3-2(4,5)1(6)7/h5,8-13,19,22-23,27-28H,2-4,6-7,14-18,20H2,1H3,(H3,33,34)(H3,35,36)(H,37,41)(H,38,40);(H,6,7)/t27?,28-;/m0./s1. The number of likely N-dealkylation sites (tertiary alicyclic amines) is 1. The number of nitrogens with one attached hydrogen (secondary N) is 4. The maximum Gasteiger partial charge on any atom is 0.490 e. The summed E-state index contributed by atoms with van der Waals surface area (Å²) in [4.78, 5) is 38.7. The summed E-state index contributed by atoms with van der Waals surface area (Å²) in [6.07, 6.45) is 2.74. The van der Waals surface area contributed by atoms with E-state index in [1.165, 1.54) is 12.1 Å². The van der Waals surface area contributed by atoms with E-state index < -0.39 is 33.9 Å². The molecule has 1 heterocycles. The first-order chi connectivity index (χ1) is 23.9. The molecule has 4 rings (SSSR count). The molecule has 2 fully saturated rings. The molecule has 1 unspecified atom stereocenters. The van der Waals surface area contributed by atoms with Crippen molar-refractivity contribution in [2.24, 2.45) is 23.3 Å². The van der Waals surface area contributed by atoms with Crippen molar-refractivity contribution in [3.05, 3.63) is 65.2 Å². The van der Waals surface area contributed by atoms with Gasteiger partial charge in [-0.3, -0.25) is 20.4 Å². The lowest BCUT2D eigenvalue weighted by molar-refractivity contribution is -0.192. The SMILES string of the molecule is CS(=O)(=O)c1cccc(C(Cc2ccc(C(=N)N)cc2)C(=O)N[C@H](C(=O)NCC2CCN(C(=N)N)CC2)C2CCCCC2)c1.O=C(O)C(F)(F)F. The number of nitrogen functional groups attached to an aromatic ring is 1. The molecular formula is C34H46F3N7O6S. The molecule has 51 heavy (non-hydrogen) atoms. The van der Waals surface area contributed by atoms with Gasteiger partial charge in [0.25, 0.3) is 0 Å². The predicted molar refractivity (Wildman–Crippen MR) is 185 cm³/mol. The maximum atomic E-state index is 14.1. The van der Waals surface area contributed by atoms with E-state index in [-0.39, 0.29) is 46.8 Å². The van der Waals surface area contributed by atoms with Gasteiger partial charge in [-0.1, -0.05) is 55.7 Å². The van der Waals surface area contributed by atoms with Crippen molar-refractivity contribution in [3.63, 3.8) is 0 Å². The van der Waals surface area contributed by atoms with Crippen LogP contribution in [-0.2, 0) is 30.6 Å². The van der Waals surface area contributed by atoms with Crippen LogP contribution in [-0.4, -0.2) is 86.1 Å². The van der Waals surface area contributed by atoms with Gasteiger partial charge in [-0.2, -0.15) is 13.2 Å². The van der Waals surface area contributed by atoms with Gasteiger partial charge < -0.3 is 32.1 Å². The van der Waals surface area contributed by atoms with E-state index in [0.717, 1.165) is 56.8 Å². The lowest BCUT2D eigenvalue weighted by atomic mass is 9.82. The Morgan fingerprint density at radius 1 is 0.961 bits per heavy atom. The number of amides is 2. The summed E-state index contributed by atoms with van der Waals surface area (Å²) in [6.45, 7) is 1.85. The molecular weight excluding hydrogens is 691 g/mol. The molecule has 280 valence electrons. The number of nitrogens with zero attached hydrogens (tertiary/aromatic N) is 1. The fourth-order valence-corrected chi connectivity index (χ4v) is 6.91. The number of hydrogen-bond acceptors (Lipinski definition) is 7. The number of nitrogens with two attached hydrogens (primary N) is 2. The number of amidine groups is 1. The molecule has 2 aromatic rings. The van der Waals surface area contributed by atoms with Crippen LogP contribution in [0.4, 0.5) is 13.2 Å². The van der Waals surface area contributed by atoms with Crippen molar-refractivity contribution in [1.82, 2.24) is 15.5 Å². The number of carboxylic acids is 1. The Labute approximate surface area is 295 Å². The van der Waals surface area contributed by atoms with Gasteiger partial charge in [0.05, 0.1) is 10.8 Å². The number of sulfone groups is 1. The number of halogens is 3. The Balaban J connectivity index is 0.000000908. The Morgan fingerprint density at radius 3 is 2.06 bits per heavy atom. The Hall–Kier alpha value is -4.67. The van der Waals surface area contributed by atoms with E-state index in [1.54, 1.807) is 36.4 Å². The molecule has 17 heteroatoms. The molecule has 2 atom stereocenters. The third-order valence-electron chi connectivity index (χ3n) is 9.17. The number of piperidine rings is 1. The molecule has 0 bridgehead atoms. The average Bonchev–Trinajstić information content (AvgIpc) is 3.08. The fourth-order valence-electron chi connectivity index (χ4n) is 6.23. The number of benzene rings is 2. The minimum absolute atomic E-state index is 0.00474. The molecule has 0 radical (unpaired) electrons. The van der Waals surface area contributed by atoms with E-state index in [9.17, 15) is 31.2 Å². The van der Waals surface area contributed by atoms with E-state index in [1.807, 2.05) is 4.90 Å². The second-order valence-corrected chi connectivity index (χ2v) is 15.0. The van der Waals surface area contributed by atoms with Crippen LogP contribution in [0.3, 0.4) is 0 Å². The third-order valence-corrected chi connectivity index (χ3v) is 10.3. The summed E-state index contributed by atoms with van der Waals surface area (Å²) in [5.41, 5.74) is 13.2. The Morgan fingerprint density at radius 2 is 1.55 bits per heavy atom. The van der Waals surface area contributed by atoms with Crippen molar-refractivity contribution in [1.29, 1.82) is 10.8 Å². The highest BCUT2D eigenvalue weighted by atomic mass is 32.2. The van der Waals surface area contributed by atoms with Gasteiger partial charge in [-0.05, 0) is 67.2 Å². The summed E-state index contributed by atoms with van der Waals surface area (Å²) < 4.78 is 56.5. The van der Waals surface area contributed by atoms with Crippen LogP contribution in [0.15, 0.2) is 53.4 Å². The van der Waals surface area contributed by atoms with Crippen LogP contribution in [0.1, 0.15) is 67.6 Å². The molecule has 2 amide bonds. The van der Waals surface area contributed by atoms with E-state index in [4.69, 9.17) is 32.2 Å². The van der Waals surface area contributed by atoms with Crippen molar-refractivity contribution in [2.45, 2.75) is 74.4 Å². The van der Waals surface area contributed by atoms with Crippen molar-refractivity contribution >= 4 is 39.4 Å². The first-order valence-corrected chi connectivity index (χ1v) is 18.5. The second kappa shape index (κ2) is 18.0. The molecule has 1 aliphatic heterocycles. The van der Waals surface area contributed by atoms with E-state index >= 15 is 0 Å². The van der Waals surface area contributed by atoms with Crippen molar-refractivity contribution < 1.29 is 41.1 Å². The number of carbonyl (C=O) groups excluding carboxylic acids is 2. The fraction of sp³-hybridized carbons (Fsp3) is 0.500. The molecule has 0 aromatic heterocycles. The second-order valence-electron chi connectivity index (χ2n) is 13.0. The van der Waals surface area contributed by atoms with Crippen molar-refractivity contribution in [2.75, 3.05) is 25.9 Å². The monoisotopic (exact) mass is 737 g/mol. The number of hydrogen-bond donors (Lipinski definition) is 7. The summed E-state index contributed by atoms with van der Waals surface area (Å²) >= 11 is 0. The Bertz CT molecular complexity index is 1660. The number of guanidine groups is 1. The molecule has 9 N–H and O–H groups in total. The Kier molecular flexibility index (Phi) is 14.4. The van der Waals surface area contributed by atoms with E-state index in [0.29, 0.717) is 30.8 Å². The van der Waals surface area contributed by atoms with Gasteiger partial charge in [0, 0.05) is 31.5 Å². The first-order valence-electron chi connectivity index (χ1n) is 16.6. The van der Waals surface area contributed by atoms with Gasteiger partial charge in [0.15, 0.2) is 15.8 Å². The molecule has 1 saturated heterocycles. The maximum absolute atomic E-state index is 14.1. The number of aliphatic carboxylic acids is 1. The highest BCUT2D eigenvalue weighted by Gasteiger charge is 2.38. The van der Waals surface area contributed by atoms with Crippen LogP contribution < -0.4 is 22.1 Å². The molecule has 0 spiro atoms. The van der Waals surface area contributed by atoms with Crippen LogP contribution in [0.25, 0.3) is 0 Å². The predicted octanol–water partition coefficient (Wildman–Crippen LogP) is 3.12. The molecule has 2 aromatic carbocycles. The van der Waals surface area contributed by atoms with Gasteiger partial charge in [0.2, 0.25) is 11.8 Å². The first kappa shape index (κ1) is 40.8. The zero-order chi connectivity index (χ0) is 37.9. The minimum atomic E-state index is -5.08. The lowest BCUT2D eigenvalue weighted by Crippen LogP contribution is -2.53. The highest BCUT2D eigenvalue weighted by molar-refractivity contribution is 7.90. The number of carboxylic acid groups (broad SMARTS) is 1. The van der Waals surface area contributed by atoms with Gasteiger partial charge in [0.1, 0.15) is 11.9 Å². The zero-order valence-electron chi connectivity index (χ0n) is 28.3. The quantitative estimate of drug-likeness (QED) is 0.132. The molecule has 1 aliphatic carbocycles. The number of rotatable bonds is 11. The summed E-state index contributed by atoms with van der Waals surface area (Å²) in [6, 6.07) is 12.8. The molecule has 1 saturated carbocycles. The average molecular weight is 738 g/mol. The minimum Gasteiger partial charge on any atom is -0.475 e. The normalized spacial score (nSPS) is 16.9. The summed E-state index contributed by atoms with van der Waals surface area (Å²) in [7, 11) is -3.51. The number of carbonyl (C=O) groups is 3. The topological polar surface area (TPSA) is 233 Å². The van der Waals surface area contributed by atoms with Crippen molar-refractivity contribution in [3.8, 4) is 0 Å². The summed E-state index contributed by atoms with van der Waals surface area (Å²) in [5, 5.41) is 28.6. The van der Waals surface area contributed by atoms with Crippen LogP contribution in [0.5, 0.6) is 0 Å². The van der Waals surface area contributed by atoms with Crippen LogP contribution >= 0.6 is 0 Å².